The van der Waals surface area contributed by atoms with E-state index in [9.17, 15) is 4.79 Å². The SMILES string of the molecule is Cc1cc(OCC(=O)NC2(c3ncc[nH]3)CCOC2)ccc1Cl. The number of nitrogens with one attached hydrogen (secondary N) is 2. The summed E-state index contributed by atoms with van der Waals surface area (Å²) in [7, 11) is 0. The molecule has 2 N–H and O–H groups in total. The summed E-state index contributed by atoms with van der Waals surface area (Å²) in [6, 6.07) is 5.29. The van der Waals surface area contributed by atoms with E-state index >= 15 is 0 Å². The molecule has 1 atom stereocenters. The molecule has 23 heavy (non-hydrogen) atoms. The van der Waals surface area contributed by atoms with Gasteiger partial charge >= 0.3 is 0 Å². The van der Waals surface area contributed by atoms with Gasteiger partial charge in [0.1, 0.15) is 17.1 Å². The standard InChI is InChI=1S/C16H18ClN3O3/c1-11-8-12(2-3-13(11)17)23-9-14(21)20-16(4-7-22-10-16)15-18-5-6-19-15/h2-3,5-6,8H,4,7,9-10H2,1H3,(H,18,19)(H,20,21). The average Bonchev–Trinajstić information content (AvgIpc) is 3.20. The van der Waals surface area contributed by atoms with Gasteiger partial charge in [-0.05, 0) is 30.7 Å². The van der Waals surface area contributed by atoms with E-state index in [1.807, 2.05) is 6.92 Å². The molecule has 1 fully saturated rings. The number of imidazole rings is 1. The van der Waals surface area contributed by atoms with Crippen molar-refractivity contribution in [3.63, 3.8) is 0 Å². The van der Waals surface area contributed by atoms with E-state index in [1.54, 1.807) is 30.6 Å². The first-order valence-corrected chi connectivity index (χ1v) is 7.74. The first-order chi connectivity index (χ1) is 11.1. The second-order valence-corrected chi connectivity index (χ2v) is 5.98. The smallest absolute Gasteiger partial charge is 0.258 e. The van der Waals surface area contributed by atoms with Crippen LogP contribution in [0.1, 0.15) is 17.8 Å². The molecule has 1 saturated heterocycles. The summed E-state index contributed by atoms with van der Waals surface area (Å²) >= 11 is 5.97. The molecule has 2 heterocycles. The summed E-state index contributed by atoms with van der Waals surface area (Å²) in [5.74, 6) is 1.09. The molecular formula is C16H18ClN3O3. The minimum Gasteiger partial charge on any atom is -0.484 e. The normalized spacial score (nSPS) is 20.4. The Labute approximate surface area is 139 Å². The minimum atomic E-state index is -0.611. The van der Waals surface area contributed by atoms with Crippen molar-refractivity contribution in [1.29, 1.82) is 0 Å². The molecule has 122 valence electrons. The molecule has 1 unspecified atom stereocenters. The Morgan fingerprint density at radius 3 is 3.09 bits per heavy atom. The number of carbonyl (C=O) groups excluding carboxylic acids is 1. The van der Waals surface area contributed by atoms with Crippen LogP contribution < -0.4 is 10.1 Å². The molecule has 1 amide bonds. The quantitative estimate of drug-likeness (QED) is 0.878. The van der Waals surface area contributed by atoms with Crippen molar-refractivity contribution >= 4 is 17.5 Å². The fraction of sp³-hybridized carbons (Fsp3) is 0.375. The van der Waals surface area contributed by atoms with Crippen LogP contribution >= 0.6 is 11.6 Å². The maximum Gasteiger partial charge on any atom is 0.258 e. The molecular weight excluding hydrogens is 318 g/mol. The van der Waals surface area contributed by atoms with Gasteiger partial charge in [0.05, 0.1) is 6.61 Å². The zero-order valence-electron chi connectivity index (χ0n) is 12.8. The molecule has 0 aliphatic carbocycles. The van der Waals surface area contributed by atoms with E-state index in [2.05, 4.69) is 15.3 Å². The number of benzene rings is 1. The second-order valence-electron chi connectivity index (χ2n) is 5.57. The van der Waals surface area contributed by atoms with Crippen molar-refractivity contribution in [3.8, 4) is 5.75 Å². The predicted molar refractivity (Wildman–Crippen MR) is 85.5 cm³/mol. The van der Waals surface area contributed by atoms with Crippen molar-refractivity contribution in [2.75, 3.05) is 19.8 Å². The molecule has 3 rings (SSSR count). The first-order valence-electron chi connectivity index (χ1n) is 7.37. The van der Waals surface area contributed by atoms with Crippen molar-refractivity contribution in [2.45, 2.75) is 18.9 Å². The topological polar surface area (TPSA) is 76.2 Å². The monoisotopic (exact) mass is 335 g/mol. The fourth-order valence-corrected chi connectivity index (χ4v) is 2.71. The van der Waals surface area contributed by atoms with Gasteiger partial charge in [0.25, 0.3) is 5.91 Å². The summed E-state index contributed by atoms with van der Waals surface area (Å²) in [5, 5.41) is 3.65. The maximum absolute atomic E-state index is 12.3. The van der Waals surface area contributed by atoms with Gasteiger partial charge in [0.2, 0.25) is 0 Å². The molecule has 0 bridgehead atoms. The Balaban J connectivity index is 1.63. The van der Waals surface area contributed by atoms with Gasteiger partial charge in [-0.1, -0.05) is 11.6 Å². The Morgan fingerprint density at radius 1 is 1.57 bits per heavy atom. The highest BCUT2D eigenvalue weighted by Crippen LogP contribution is 2.28. The molecule has 2 aromatic rings. The van der Waals surface area contributed by atoms with Crippen LogP contribution in [0.4, 0.5) is 0 Å². The summed E-state index contributed by atoms with van der Waals surface area (Å²) < 4.78 is 11.0. The van der Waals surface area contributed by atoms with E-state index in [0.29, 0.717) is 36.2 Å². The molecule has 1 aromatic carbocycles. The van der Waals surface area contributed by atoms with E-state index in [0.717, 1.165) is 5.56 Å². The van der Waals surface area contributed by atoms with Crippen LogP contribution in [0.25, 0.3) is 0 Å². The molecule has 6 nitrogen and oxygen atoms in total. The minimum absolute atomic E-state index is 0.0798. The summed E-state index contributed by atoms with van der Waals surface area (Å²) in [6.45, 7) is 2.78. The number of carbonyl (C=O) groups is 1. The van der Waals surface area contributed by atoms with Gasteiger partial charge in [0, 0.05) is 30.4 Å². The third-order valence-corrected chi connectivity index (χ3v) is 4.28. The average molecular weight is 336 g/mol. The van der Waals surface area contributed by atoms with Crippen LogP contribution in [0.2, 0.25) is 5.02 Å². The number of aromatic amines is 1. The van der Waals surface area contributed by atoms with Gasteiger partial charge in [-0.15, -0.1) is 0 Å². The van der Waals surface area contributed by atoms with E-state index in [1.165, 1.54) is 0 Å². The number of hydrogen-bond donors (Lipinski definition) is 2. The highest BCUT2D eigenvalue weighted by molar-refractivity contribution is 6.31. The first kappa shape index (κ1) is 15.8. The van der Waals surface area contributed by atoms with Crippen molar-refractivity contribution in [2.24, 2.45) is 0 Å². The highest BCUT2D eigenvalue weighted by Gasteiger charge is 2.40. The lowest BCUT2D eigenvalue weighted by atomic mass is 9.97. The van der Waals surface area contributed by atoms with Gasteiger partial charge in [0.15, 0.2) is 6.61 Å². The van der Waals surface area contributed by atoms with E-state index in [-0.39, 0.29) is 12.5 Å². The Hall–Kier alpha value is -2.05. The number of aromatic nitrogens is 2. The van der Waals surface area contributed by atoms with Crippen molar-refractivity contribution < 1.29 is 14.3 Å². The predicted octanol–water partition coefficient (Wildman–Crippen LogP) is 2.18. The fourth-order valence-electron chi connectivity index (χ4n) is 2.60. The van der Waals surface area contributed by atoms with Crippen LogP contribution in [0.3, 0.4) is 0 Å². The van der Waals surface area contributed by atoms with Crippen LogP contribution in [0.15, 0.2) is 30.6 Å². The van der Waals surface area contributed by atoms with Gasteiger partial charge in [-0.3, -0.25) is 4.79 Å². The number of nitrogens with zero attached hydrogens (tertiary/aromatic N) is 1. The number of halogens is 1. The molecule has 0 spiro atoms. The number of hydrogen-bond acceptors (Lipinski definition) is 4. The third kappa shape index (κ3) is 3.48. The van der Waals surface area contributed by atoms with Gasteiger partial charge in [-0.2, -0.15) is 0 Å². The van der Waals surface area contributed by atoms with Crippen molar-refractivity contribution in [1.82, 2.24) is 15.3 Å². The van der Waals surface area contributed by atoms with Crippen molar-refractivity contribution in [3.05, 3.63) is 47.0 Å². The molecule has 7 heteroatoms. The summed E-state index contributed by atoms with van der Waals surface area (Å²) in [5.41, 5.74) is 0.292. The number of rotatable bonds is 5. The lowest BCUT2D eigenvalue weighted by Gasteiger charge is -2.26. The summed E-state index contributed by atoms with van der Waals surface area (Å²) in [4.78, 5) is 19.6. The molecule has 1 aromatic heterocycles. The molecule has 1 aliphatic heterocycles. The van der Waals surface area contributed by atoms with Gasteiger partial charge < -0.3 is 19.8 Å². The zero-order chi connectivity index (χ0) is 16.3. The van der Waals surface area contributed by atoms with Crippen LogP contribution in [0.5, 0.6) is 5.75 Å². The second kappa shape index (κ2) is 6.60. The highest BCUT2D eigenvalue weighted by atomic mass is 35.5. The molecule has 1 aliphatic rings. The number of H-pyrrole nitrogens is 1. The number of ether oxygens (including phenoxy) is 2. The Bertz CT molecular complexity index is 682. The number of aryl methyl sites for hydroxylation is 1. The van der Waals surface area contributed by atoms with Crippen LogP contribution in [0, 0.1) is 6.92 Å². The Kier molecular flexibility index (Phi) is 4.54. The lowest BCUT2D eigenvalue weighted by Crippen LogP contribution is -2.48. The van der Waals surface area contributed by atoms with Crippen LogP contribution in [-0.2, 0) is 15.1 Å². The summed E-state index contributed by atoms with van der Waals surface area (Å²) in [6.07, 6.45) is 4.06. The lowest BCUT2D eigenvalue weighted by molar-refractivity contribution is -0.125. The molecule has 0 radical (unpaired) electrons. The molecule has 0 saturated carbocycles. The maximum atomic E-state index is 12.3. The van der Waals surface area contributed by atoms with Gasteiger partial charge in [-0.25, -0.2) is 4.98 Å². The largest absolute Gasteiger partial charge is 0.484 e. The number of amides is 1. The van der Waals surface area contributed by atoms with Crippen LogP contribution in [-0.4, -0.2) is 35.7 Å². The Morgan fingerprint density at radius 2 is 2.43 bits per heavy atom. The van der Waals surface area contributed by atoms with E-state index < -0.39 is 5.54 Å². The third-order valence-electron chi connectivity index (χ3n) is 3.85. The zero-order valence-corrected chi connectivity index (χ0v) is 13.5. The van der Waals surface area contributed by atoms with E-state index in [4.69, 9.17) is 21.1 Å².